The van der Waals surface area contributed by atoms with Gasteiger partial charge in [-0.3, -0.25) is 4.79 Å². The van der Waals surface area contributed by atoms with Crippen LogP contribution < -0.4 is 4.74 Å². The van der Waals surface area contributed by atoms with Gasteiger partial charge >= 0.3 is 11.9 Å². The van der Waals surface area contributed by atoms with Crippen molar-refractivity contribution in [3.63, 3.8) is 0 Å². The molecule has 0 amide bonds. The standard InChI is InChI=1S/C19H21NO6/c1-4-24-19(23)17-12(2)18(20-13(17)3)15(21)10-26-16(22)11-25-14-8-6-5-7-9-14/h5-9,20H,4,10-11H2,1-3H3. The Kier molecular flexibility index (Phi) is 6.54. The number of ether oxygens (including phenoxy) is 3. The Labute approximate surface area is 151 Å². The van der Waals surface area contributed by atoms with Gasteiger partial charge in [0.2, 0.25) is 5.78 Å². The summed E-state index contributed by atoms with van der Waals surface area (Å²) in [7, 11) is 0. The maximum Gasteiger partial charge on any atom is 0.344 e. The number of aromatic amines is 1. The van der Waals surface area contributed by atoms with E-state index in [-0.39, 0.29) is 18.9 Å². The Hall–Kier alpha value is -3.09. The lowest BCUT2D eigenvalue weighted by Crippen LogP contribution is -2.20. The van der Waals surface area contributed by atoms with E-state index in [0.29, 0.717) is 22.6 Å². The Balaban J connectivity index is 1.92. The zero-order valence-corrected chi connectivity index (χ0v) is 15.0. The number of carbonyl (C=O) groups excluding carboxylic acids is 3. The number of aromatic nitrogens is 1. The summed E-state index contributed by atoms with van der Waals surface area (Å²) >= 11 is 0. The lowest BCUT2D eigenvalue weighted by Gasteiger charge is -2.06. The number of para-hydroxylation sites is 1. The maximum absolute atomic E-state index is 12.3. The number of nitrogens with one attached hydrogen (secondary N) is 1. The molecule has 7 nitrogen and oxygen atoms in total. The van der Waals surface area contributed by atoms with Crippen LogP contribution in [0.4, 0.5) is 0 Å². The van der Waals surface area contributed by atoms with Gasteiger partial charge in [0.1, 0.15) is 5.75 Å². The number of H-pyrrole nitrogens is 1. The third-order valence-electron chi connectivity index (χ3n) is 3.66. The molecule has 1 N–H and O–H groups in total. The highest BCUT2D eigenvalue weighted by molar-refractivity contribution is 6.02. The van der Waals surface area contributed by atoms with Crippen LogP contribution in [0.1, 0.15) is 39.0 Å². The fourth-order valence-electron chi connectivity index (χ4n) is 2.46. The number of esters is 2. The minimum Gasteiger partial charge on any atom is -0.482 e. The van der Waals surface area contributed by atoms with Crippen LogP contribution in [0.15, 0.2) is 30.3 Å². The molecule has 2 aromatic rings. The van der Waals surface area contributed by atoms with Crippen LogP contribution in [-0.4, -0.2) is 42.5 Å². The van der Waals surface area contributed by atoms with Crippen molar-refractivity contribution in [3.8, 4) is 5.75 Å². The van der Waals surface area contributed by atoms with Gasteiger partial charge < -0.3 is 19.2 Å². The molecule has 0 unspecified atom stereocenters. The number of hydrogen-bond acceptors (Lipinski definition) is 6. The van der Waals surface area contributed by atoms with Gasteiger partial charge in [0.05, 0.1) is 17.9 Å². The van der Waals surface area contributed by atoms with E-state index in [1.807, 2.05) is 6.07 Å². The molecule has 0 aliphatic carbocycles. The van der Waals surface area contributed by atoms with Crippen LogP contribution in [0.25, 0.3) is 0 Å². The highest BCUT2D eigenvalue weighted by Gasteiger charge is 2.23. The summed E-state index contributed by atoms with van der Waals surface area (Å²) in [4.78, 5) is 38.8. The molecule has 0 aliphatic heterocycles. The van der Waals surface area contributed by atoms with Crippen LogP contribution in [0.5, 0.6) is 5.75 Å². The van der Waals surface area contributed by atoms with Crippen LogP contribution in [0.2, 0.25) is 0 Å². The number of benzene rings is 1. The van der Waals surface area contributed by atoms with Gasteiger partial charge in [-0.1, -0.05) is 18.2 Å². The SMILES string of the molecule is CCOC(=O)c1c(C)[nH]c(C(=O)COC(=O)COc2ccccc2)c1C. The summed E-state index contributed by atoms with van der Waals surface area (Å²) in [6, 6.07) is 8.80. The first-order valence-electron chi connectivity index (χ1n) is 8.17. The van der Waals surface area contributed by atoms with E-state index in [1.165, 1.54) is 0 Å². The molecule has 1 heterocycles. The second kappa shape index (κ2) is 8.84. The number of Topliss-reactive ketones (excluding diaryl/α,β-unsaturated/α-hetero) is 1. The van der Waals surface area contributed by atoms with Gasteiger partial charge in [0.25, 0.3) is 0 Å². The van der Waals surface area contributed by atoms with Crippen molar-refractivity contribution < 1.29 is 28.6 Å². The fourth-order valence-corrected chi connectivity index (χ4v) is 2.46. The molecule has 0 aliphatic rings. The van der Waals surface area contributed by atoms with Gasteiger partial charge in [0.15, 0.2) is 13.2 Å². The lowest BCUT2D eigenvalue weighted by atomic mass is 10.1. The normalized spacial score (nSPS) is 10.3. The molecular weight excluding hydrogens is 338 g/mol. The number of ketones is 1. The largest absolute Gasteiger partial charge is 0.482 e. The molecule has 7 heteroatoms. The lowest BCUT2D eigenvalue weighted by molar-refractivity contribution is -0.144. The Morgan fingerprint density at radius 2 is 1.69 bits per heavy atom. The molecule has 1 aromatic heterocycles. The third-order valence-corrected chi connectivity index (χ3v) is 3.66. The predicted molar refractivity (Wildman–Crippen MR) is 93.4 cm³/mol. The molecule has 0 saturated heterocycles. The van der Waals surface area contributed by atoms with Crippen molar-refractivity contribution in [2.45, 2.75) is 20.8 Å². The maximum atomic E-state index is 12.3. The summed E-state index contributed by atoms with van der Waals surface area (Å²) in [5, 5.41) is 0. The van der Waals surface area contributed by atoms with Gasteiger partial charge in [-0.2, -0.15) is 0 Å². The van der Waals surface area contributed by atoms with Crippen molar-refractivity contribution in [2.24, 2.45) is 0 Å². The van der Waals surface area contributed by atoms with Gasteiger partial charge in [-0.05, 0) is 38.5 Å². The Morgan fingerprint density at radius 1 is 1.00 bits per heavy atom. The van der Waals surface area contributed by atoms with Gasteiger partial charge in [-0.15, -0.1) is 0 Å². The zero-order chi connectivity index (χ0) is 19.1. The number of aryl methyl sites for hydroxylation is 1. The van der Waals surface area contributed by atoms with Gasteiger partial charge in [-0.25, -0.2) is 9.59 Å². The average molecular weight is 359 g/mol. The minimum absolute atomic E-state index is 0.224. The predicted octanol–water partition coefficient (Wildman–Crippen LogP) is 2.61. The fraction of sp³-hybridized carbons (Fsp3) is 0.316. The molecule has 0 saturated carbocycles. The highest BCUT2D eigenvalue weighted by atomic mass is 16.6. The zero-order valence-electron chi connectivity index (χ0n) is 15.0. The van der Waals surface area contributed by atoms with Crippen molar-refractivity contribution in [3.05, 3.63) is 52.8 Å². The molecule has 0 bridgehead atoms. The number of hydrogen-bond donors (Lipinski definition) is 1. The van der Waals surface area contributed by atoms with Crippen molar-refractivity contribution >= 4 is 17.7 Å². The van der Waals surface area contributed by atoms with Crippen LogP contribution in [-0.2, 0) is 14.3 Å². The van der Waals surface area contributed by atoms with E-state index in [2.05, 4.69) is 4.98 Å². The highest BCUT2D eigenvalue weighted by Crippen LogP contribution is 2.19. The molecule has 0 atom stereocenters. The first-order chi connectivity index (χ1) is 12.4. The van der Waals surface area contributed by atoms with E-state index in [0.717, 1.165) is 0 Å². The summed E-state index contributed by atoms with van der Waals surface area (Å²) < 4.78 is 15.2. The van der Waals surface area contributed by atoms with E-state index in [1.54, 1.807) is 45.0 Å². The molecule has 1 aromatic carbocycles. The minimum atomic E-state index is -0.659. The molecule has 0 spiro atoms. The van der Waals surface area contributed by atoms with Crippen molar-refractivity contribution in [2.75, 3.05) is 19.8 Å². The summed E-state index contributed by atoms with van der Waals surface area (Å²) in [5.74, 6) is -1.06. The molecular formula is C19H21NO6. The second-order valence-electron chi connectivity index (χ2n) is 5.53. The quantitative estimate of drug-likeness (QED) is 0.575. The monoisotopic (exact) mass is 359 g/mol. The second-order valence-corrected chi connectivity index (χ2v) is 5.53. The summed E-state index contributed by atoms with van der Waals surface area (Å²) in [6.45, 7) is 4.52. The first kappa shape index (κ1) is 19.2. The molecule has 0 radical (unpaired) electrons. The van der Waals surface area contributed by atoms with Gasteiger partial charge in [0, 0.05) is 5.69 Å². The molecule has 0 fully saturated rings. The van der Waals surface area contributed by atoms with Crippen LogP contribution >= 0.6 is 0 Å². The number of carbonyl (C=O) groups is 3. The average Bonchev–Trinajstić information content (AvgIpc) is 2.93. The number of rotatable bonds is 8. The first-order valence-corrected chi connectivity index (χ1v) is 8.17. The summed E-state index contributed by atoms with van der Waals surface area (Å²) in [5.41, 5.74) is 1.56. The third kappa shape index (κ3) is 4.72. The van der Waals surface area contributed by atoms with Crippen LogP contribution in [0, 0.1) is 13.8 Å². The Bertz CT molecular complexity index is 794. The van der Waals surface area contributed by atoms with E-state index in [4.69, 9.17) is 14.2 Å². The summed E-state index contributed by atoms with van der Waals surface area (Å²) in [6.07, 6.45) is 0. The smallest absolute Gasteiger partial charge is 0.344 e. The molecule has 26 heavy (non-hydrogen) atoms. The van der Waals surface area contributed by atoms with E-state index in [9.17, 15) is 14.4 Å². The molecule has 138 valence electrons. The topological polar surface area (TPSA) is 94.7 Å². The van der Waals surface area contributed by atoms with Crippen molar-refractivity contribution in [1.82, 2.24) is 4.98 Å². The molecule has 2 rings (SSSR count). The van der Waals surface area contributed by atoms with Crippen LogP contribution in [0.3, 0.4) is 0 Å². The van der Waals surface area contributed by atoms with Crippen molar-refractivity contribution in [1.29, 1.82) is 0 Å². The Morgan fingerprint density at radius 3 is 2.35 bits per heavy atom. The van der Waals surface area contributed by atoms with E-state index >= 15 is 0 Å². The van der Waals surface area contributed by atoms with E-state index < -0.39 is 24.3 Å².